The molecule has 0 aliphatic rings. The van der Waals surface area contributed by atoms with Gasteiger partial charge in [0.25, 0.3) is 10.0 Å². The molecule has 7 heteroatoms. The molecule has 1 N–H and O–H groups in total. The molecular formula is C18H18FN3O2S. The highest BCUT2D eigenvalue weighted by atomic mass is 32.2. The number of aryl methyl sites for hydroxylation is 2. The molecule has 1 heterocycles. The highest BCUT2D eigenvalue weighted by molar-refractivity contribution is 7.92. The maximum absolute atomic E-state index is 13.3. The van der Waals surface area contributed by atoms with Crippen LogP contribution in [0.25, 0.3) is 5.69 Å². The largest absolute Gasteiger partial charge is 0.279 e. The number of aromatic nitrogens is 2. The summed E-state index contributed by atoms with van der Waals surface area (Å²) >= 11 is 0. The molecule has 0 atom stereocenters. The van der Waals surface area contributed by atoms with Gasteiger partial charge in [-0.3, -0.25) is 4.72 Å². The fourth-order valence-corrected chi connectivity index (χ4v) is 4.16. The van der Waals surface area contributed by atoms with Gasteiger partial charge in [-0.2, -0.15) is 5.10 Å². The van der Waals surface area contributed by atoms with E-state index in [1.165, 1.54) is 18.2 Å². The first kappa shape index (κ1) is 17.2. The van der Waals surface area contributed by atoms with E-state index in [1.54, 1.807) is 18.5 Å². The summed E-state index contributed by atoms with van der Waals surface area (Å²) in [6.45, 7) is 5.31. The summed E-state index contributed by atoms with van der Waals surface area (Å²) in [7, 11) is -3.89. The number of nitrogens with one attached hydrogen (secondary N) is 1. The molecule has 3 rings (SSSR count). The second kappa shape index (κ2) is 6.33. The van der Waals surface area contributed by atoms with Crippen LogP contribution in [0, 0.1) is 26.6 Å². The molecule has 3 aromatic rings. The van der Waals surface area contributed by atoms with Crippen LogP contribution in [-0.4, -0.2) is 18.2 Å². The first-order valence-electron chi connectivity index (χ1n) is 7.69. The van der Waals surface area contributed by atoms with Crippen LogP contribution in [0.15, 0.2) is 53.4 Å². The fraction of sp³-hybridized carbons (Fsp3) is 0.167. The average Bonchev–Trinajstić information content (AvgIpc) is 2.83. The quantitative estimate of drug-likeness (QED) is 0.772. The van der Waals surface area contributed by atoms with Crippen LogP contribution < -0.4 is 4.72 Å². The van der Waals surface area contributed by atoms with E-state index in [9.17, 15) is 12.8 Å². The van der Waals surface area contributed by atoms with E-state index < -0.39 is 15.8 Å². The predicted octanol–water partition coefficient (Wildman–Crippen LogP) is 3.74. The van der Waals surface area contributed by atoms with Crippen molar-refractivity contribution in [1.29, 1.82) is 0 Å². The van der Waals surface area contributed by atoms with Crippen LogP contribution in [-0.2, 0) is 10.0 Å². The molecule has 0 radical (unpaired) electrons. The van der Waals surface area contributed by atoms with Crippen molar-refractivity contribution < 1.29 is 12.8 Å². The zero-order valence-electron chi connectivity index (χ0n) is 14.1. The molecule has 0 aliphatic carbocycles. The van der Waals surface area contributed by atoms with Gasteiger partial charge in [-0.1, -0.05) is 23.8 Å². The first-order chi connectivity index (χ1) is 11.8. The summed E-state index contributed by atoms with van der Waals surface area (Å²) in [6, 6.07) is 13.0. The SMILES string of the molecule is Cc1ccc(-n2nc(C)c(S(=O)(=O)Nc3cccc(F)c3)c2C)cc1. The number of hydrogen-bond acceptors (Lipinski definition) is 3. The van der Waals surface area contributed by atoms with Crippen molar-refractivity contribution in [3.8, 4) is 5.69 Å². The normalized spacial score (nSPS) is 11.5. The minimum Gasteiger partial charge on any atom is -0.279 e. The van der Waals surface area contributed by atoms with Gasteiger partial charge in [-0.15, -0.1) is 0 Å². The maximum Gasteiger partial charge on any atom is 0.265 e. The summed E-state index contributed by atoms with van der Waals surface area (Å²) in [5.74, 6) is -0.510. The van der Waals surface area contributed by atoms with Gasteiger partial charge in [0.15, 0.2) is 0 Å². The molecule has 2 aromatic carbocycles. The Bertz CT molecular complexity index is 1020. The zero-order valence-corrected chi connectivity index (χ0v) is 14.9. The van der Waals surface area contributed by atoms with E-state index in [-0.39, 0.29) is 10.6 Å². The lowest BCUT2D eigenvalue weighted by Crippen LogP contribution is -2.15. The Morgan fingerprint density at radius 1 is 1.04 bits per heavy atom. The third-order valence-electron chi connectivity index (χ3n) is 3.85. The number of anilines is 1. The van der Waals surface area contributed by atoms with Gasteiger partial charge in [-0.25, -0.2) is 17.5 Å². The standard InChI is InChI=1S/C18H18FN3O2S/c1-12-7-9-17(10-8-12)22-14(3)18(13(2)20-22)25(23,24)21-16-6-4-5-15(19)11-16/h4-11,21H,1-3H3. The van der Waals surface area contributed by atoms with Crippen LogP contribution in [0.1, 0.15) is 17.0 Å². The van der Waals surface area contributed by atoms with Crippen LogP contribution in [0.5, 0.6) is 0 Å². The van der Waals surface area contributed by atoms with Crippen molar-refractivity contribution in [2.75, 3.05) is 4.72 Å². The molecule has 25 heavy (non-hydrogen) atoms. The number of nitrogens with zero attached hydrogens (tertiary/aromatic N) is 2. The van der Waals surface area contributed by atoms with Crippen LogP contribution in [0.2, 0.25) is 0 Å². The fourth-order valence-electron chi connectivity index (χ4n) is 2.71. The number of rotatable bonds is 4. The van der Waals surface area contributed by atoms with Gasteiger partial charge < -0.3 is 0 Å². The van der Waals surface area contributed by atoms with Crippen molar-refractivity contribution in [2.24, 2.45) is 0 Å². The minimum atomic E-state index is -3.89. The van der Waals surface area contributed by atoms with Gasteiger partial charge in [0.2, 0.25) is 0 Å². The Balaban J connectivity index is 2.03. The average molecular weight is 359 g/mol. The molecule has 0 aliphatic heterocycles. The Hall–Kier alpha value is -2.67. The van der Waals surface area contributed by atoms with Crippen LogP contribution >= 0.6 is 0 Å². The predicted molar refractivity (Wildman–Crippen MR) is 95.0 cm³/mol. The smallest absolute Gasteiger partial charge is 0.265 e. The Morgan fingerprint density at radius 3 is 2.36 bits per heavy atom. The summed E-state index contributed by atoms with van der Waals surface area (Å²) in [6.07, 6.45) is 0. The van der Waals surface area contributed by atoms with E-state index in [0.717, 1.165) is 17.3 Å². The minimum absolute atomic E-state index is 0.0948. The van der Waals surface area contributed by atoms with Crippen LogP contribution in [0.3, 0.4) is 0 Å². The summed E-state index contributed by atoms with van der Waals surface area (Å²) in [5.41, 5.74) is 2.92. The summed E-state index contributed by atoms with van der Waals surface area (Å²) < 4.78 is 42.8. The molecular weight excluding hydrogens is 341 g/mol. The highest BCUT2D eigenvalue weighted by Gasteiger charge is 2.25. The molecule has 1 aromatic heterocycles. The van der Waals surface area contributed by atoms with Crippen LogP contribution in [0.4, 0.5) is 10.1 Å². The number of sulfonamides is 1. The lowest BCUT2D eigenvalue weighted by Gasteiger charge is -2.09. The topological polar surface area (TPSA) is 64.0 Å². The Kier molecular flexibility index (Phi) is 4.34. The van der Waals surface area contributed by atoms with Crippen molar-refractivity contribution in [3.63, 3.8) is 0 Å². The number of halogens is 1. The van der Waals surface area contributed by atoms with Gasteiger partial charge >= 0.3 is 0 Å². The summed E-state index contributed by atoms with van der Waals surface area (Å²) in [5, 5.41) is 4.36. The third kappa shape index (κ3) is 3.41. The summed E-state index contributed by atoms with van der Waals surface area (Å²) in [4.78, 5) is 0.0948. The number of benzene rings is 2. The lowest BCUT2D eigenvalue weighted by atomic mass is 10.2. The number of hydrogen-bond donors (Lipinski definition) is 1. The second-order valence-electron chi connectivity index (χ2n) is 5.86. The maximum atomic E-state index is 13.3. The molecule has 0 bridgehead atoms. The van der Waals surface area contributed by atoms with E-state index in [1.807, 2.05) is 31.2 Å². The molecule has 130 valence electrons. The van der Waals surface area contributed by atoms with Gasteiger partial charge in [0.05, 0.1) is 22.8 Å². The monoisotopic (exact) mass is 359 g/mol. The molecule has 5 nitrogen and oxygen atoms in total. The molecule has 0 saturated carbocycles. The molecule has 0 saturated heterocycles. The molecule has 0 fully saturated rings. The zero-order chi connectivity index (χ0) is 18.2. The molecule has 0 unspecified atom stereocenters. The molecule has 0 spiro atoms. The Morgan fingerprint density at radius 2 is 1.72 bits per heavy atom. The van der Waals surface area contributed by atoms with Gasteiger partial charge in [0.1, 0.15) is 10.7 Å². The van der Waals surface area contributed by atoms with E-state index in [2.05, 4.69) is 9.82 Å². The Labute approximate surface area is 146 Å². The highest BCUT2D eigenvalue weighted by Crippen LogP contribution is 2.25. The van der Waals surface area contributed by atoms with E-state index in [0.29, 0.717) is 11.4 Å². The first-order valence-corrected chi connectivity index (χ1v) is 9.18. The molecule has 0 amide bonds. The van der Waals surface area contributed by atoms with E-state index >= 15 is 0 Å². The third-order valence-corrected chi connectivity index (χ3v) is 5.48. The van der Waals surface area contributed by atoms with Crippen molar-refractivity contribution >= 4 is 15.7 Å². The van der Waals surface area contributed by atoms with Gasteiger partial charge in [-0.05, 0) is 51.1 Å². The second-order valence-corrected chi connectivity index (χ2v) is 7.48. The van der Waals surface area contributed by atoms with Crippen molar-refractivity contribution in [3.05, 3.63) is 71.3 Å². The van der Waals surface area contributed by atoms with E-state index in [4.69, 9.17) is 0 Å². The van der Waals surface area contributed by atoms with Gasteiger partial charge in [0, 0.05) is 0 Å². The van der Waals surface area contributed by atoms with Crippen molar-refractivity contribution in [1.82, 2.24) is 9.78 Å². The lowest BCUT2D eigenvalue weighted by molar-refractivity contribution is 0.600. The van der Waals surface area contributed by atoms with Crippen molar-refractivity contribution in [2.45, 2.75) is 25.7 Å².